The zero-order chi connectivity index (χ0) is 21.8. The van der Waals surface area contributed by atoms with E-state index in [0.29, 0.717) is 17.8 Å². The number of esters is 1. The molecule has 1 saturated heterocycles. The summed E-state index contributed by atoms with van der Waals surface area (Å²) >= 11 is 0. The number of hydrogen-bond acceptors (Lipinski definition) is 6. The van der Waals surface area contributed by atoms with Crippen LogP contribution in [0.2, 0.25) is 0 Å². The topological polar surface area (TPSA) is 134 Å². The van der Waals surface area contributed by atoms with Crippen LogP contribution in [0.1, 0.15) is 34.1 Å². The van der Waals surface area contributed by atoms with Crippen LogP contribution in [-0.4, -0.2) is 52.8 Å². The number of carbonyl (C=O) groups excluding carboxylic acids is 5. The molecular formula is C19H24N4O6. The monoisotopic (exact) mass is 404 g/mol. The molecule has 1 heterocycles. The van der Waals surface area contributed by atoms with Gasteiger partial charge in [-0.2, -0.15) is 0 Å². The maximum Gasteiger partial charge on any atom is 0.327 e. The maximum absolute atomic E-state index is 12.3. The summed E-state index contributed by atoms with van der Waals surface area (Å²) in [5.41, 5.74) is -0.0357. The van der Waals surface area contributed by atoms with E-state index in [1.54, 1.807) is 38.1 Å². The van der Waals surface area contributed by atoms with Gasteiger partial charge in [0.2, 0.25) is 5.91 Å². The zero-order valence-electron chi connectivity index (χ0n) is 16.7. The summed E-state index contributed by atoms with van der Waals surface area (Å²) in [4.78, 5) is 60.3. The van der Waals surface area contributed by atoms with E-state index in [1.165, 1.54) is 13.8 Å². The number of hydrogen-bond donors (Lipinski definition) is 3. The van der Waals surface area contributed by atoms with Crippen molar-refractivity contribution in [2.45, 2.75) is 45.8 Å². The molecule has 10 nitrogen and oxygen atoms in total. The molecule has 0 aliphatic carbocycles. The summed E-state index contributed by atoms with van der Waals surface area (Å²) in [6.45, 7) is 5.50. The third-order valence-electron chi connectivity index (χ3n) is 4.49. The highest BCUT2D eigenvalue weighted by Gasteiger charge is 2.47. The van der Waals surface area contributed by atoms with E-state index in [-0.39, 0.29) is 5.91 Å². The maximum atomic E-state index is 12.3. The Hall–Kier alpha value is -3.43. The van der Waals surface area contributed by atoms with Crippen molar-refractivity contribution in [2.75, 3.05) is 17.2 Å². The van der Waals surface area contributed by atoms with Gasteiger partial charge in [0.05, 0.1) is 0 Å². The van der Waals surface area contributed by atoms with Crippen LogP contribution in [-0.2, 0) is 23.9 Å². The first-order valence-corrected chi connectivity index (χ1v) is 9.08. The van der Waals surface area contributed by atoms with Crippen molar-refractivity contribution in [3.63, 3.8) is 0 Å². The zero-order valence-corrected chi connectivity index (χ0v) is 16.7. The lowest BCUT2D eigenvalue weighted by atomic mass is 9.99. The van der Waals surface area contributed by atoms with Gasteiger partial charge in [-0.1, -0.05) is 6.92 Å². The summed E-state index contributed by atoms with van der Waals surface area (Å²) in [6, 6.07) is 5.70. The number of imide groups is 1. The van der Waals surface area contributed by atoms with Crippen LogP contribution in [0.4, 0.5) is 16.2 Å². The van der Waals surface area contributed by atoms with E-state index in [0.717, 1.165) is 4.90 Å². The molecule has 1 aliphatic rings. The first kappa shape index (κ1) is 21.9. The molecule has 1 aliphatic heterocycles. The fraction of sp³-hybridized carbons (Fsp3) is 0.421. The molecule has 10 heteroatoms. The number of anilines is 2. The highest BCUT2D eigenvalue weighted by atomic mass is 16.5. The Balaban J connectivity index is 1.89. The molecule has 1 aromatic carbocycles. The Morgan fingerprint density at radius 2 is 1.69 bits per heavy atom. The molecule has 1 fully saturated rings. The van der Waals surface area contributed by atoms with Crippen molar-refractivity contribution in [1.82, 2.24) is 10.2 Å². The second kappa shape index (κ2) is 8.72. The summed E-state index contributed by atoms with van der Waals surface area (Å²) < 4.78 is 5.04. The van der Waals surface area contributed by atoms with Gasteiger partial charge in [0.1, 0.15) is 12.1 Å². The number of amides is 5. The molecule has 156 valence electrons. The van der Waals surface area contributed by atoms with E-state index >= 15 is 0 Å². The van der Waals surface area contributed by atoms with Crippen molar-refractivity contribution in [3.05, 3.63) is 24.3 Å². The quantitative estimate of drug-likeness (QED) is 0.462. The third kappa shape index (κ3) is 5.31. The van der Waals surface area contributed by atoms with E-state index < -0.39 is 42.0 Å². The second-order valence-corrected chi connectivity index (χ2v) is 6.89. The van der Waals surface area contributed by atoms with Crippen LogP contribution in [0.25, 0.3) is 0 Å². The number of nitrogens with zero attached hydrogens (tertiary/aromatic N) is 1. The highest BCUT2D eigenvalue weighted by molar-refractivity contribution is 6.08. The van der Waals surface area contributed by atoms with E-state index in [4.69, 9.17) is 4.74 Å². The summed E-state index contributed by atoms with van der Waals surface area (Å²) in [5.74, 6) is -2.19. The second-order valence-electron chi connectivity index (χ2n) is 6.89. The SMILES string of the molecule is CC[C@]1(C)NC(=O)N(CC(=O)O[C@H](C)C(=O)Nc2ccc(NC(C)=O)cc2)C1=O. The van der Waals surface area contributed by atoms with Gasteiger partial charge in [0.25, 0.3) is 11.8 Å². The lowest BCUT2D eigenvalue weighted by molar-refractivity contribution is -0.155. The Kier molecular flexibility index (Phi) is 6.57. The van der Waals surface area contributed by atoms with Gasteiger partial charge in [-0.25, -0.2) is 4.79 Å². The molecule has 2 rings (SSSR count). The molecule has 0 unspecified atom stereocenters. The minimum Gasteiger partial charge on any atom is -0.451 e. The number of urea groups is 1. The Morgan fingerprint density at radius 1 is 1.14 bits per heavy atom. The minimum absolute atomic E-state index is 0.216. The average molecular weight is 404 g/mol. The van der Waals surface area contributed by atoms with E-state index in [2.05, 4.69) is 16.0 Å². The fourth-order valence-electron chi connectivity index (χ4n) is 2.63. The molecule has 0 bridgehead atoms. The summed E-state index contributed by atoms with van der Waals surface area (Å²) in [6.07, 6.45) is -0.765. The predicted molar refractivity (Wildman–Crippen MR) is 104 cm³/mol. The molecule has 0 spiro atoms. The van der Waals surface area contributed by atoms with Gasteiger partial charge < -0.3 is 20.7 Å². The van der Waals surface area contributed by atoms with Crippen molar-refractivity contribution in [1.29, 1.82) is 0 Å². The Bertz CT molecular complexity index is 838. The van der Waals surface area contributed by atoms with E-state index in [1.807, 2.05) is 0 Å². The minimum atomic E-state index is -1.14. The number of ether oxygens (including phenoxy) is 1. The molecule has 0 aromatic heterocycles. The molecule has 29 heavy (non-hydrogen) atoms. The van der Waals surface area contributed by atoms with Crippen LogP contribution >= 0.6 is 0 Å². The molecule has 2 atom stereocenters. The van der Waals surface area contributed by atoms with Gasteiger partial charge in [-0.15, -0.1) is 0 Å². The first-order chi connectivity index (χ1) is 13.6. The van der Waals surface area contributed by atoms with Crippen LogP contribution < -0.4 is 16.0 Å². The Morgan fingerprint density at radius 3 is 2.17 bits per heavy atom. The van der Waals surface area contributed by atoms with Gasteiger partial charge in [0.15, 0.2) is 6.10 Å². The van der Waals surface area contributed by atoms with Gasteiger partial charge >= 0.3 is 12.0 Å². The fourth-order valence-corrected chi connectivity index (χ4v) is 2.63. The average Bonchev–Trinajstić information content (AvgIpc) is 2.86. The third-order valence-corrected chi connectivity index (χ3v) is 4.49. The predicted octanol–water partition coefficient (Wildman–Crippen LogP) is 1.24. The molecule has 0 saturated carbocycles. The molecule has 1 aromatic rings. The van der Waals surface area contributed by atoms with Crippen LogP contribution in [0, 0.1) is 0 Å². The number of rotatable bonds is 7. The lowest BCUT2D eigenvalue weighted by Gasteiger charge is -2.19. The van der Waals surface area contributed by atoms with Crippen LogP contribution in [0.3, 0.4) is 0 Å². The lowest BCUT2D eigenvalue weighted by Crippen LogP contribution is -2.44. The number of nitrogens with one attached hydrogen (secondary N) is 3. The molecule has 3 N–H and O–H groups in total. The number of carbonyl (C=O) groups is 5. The van der Waals surface area contributed by atoms with Crippen molar-refractivity contribution < 1.29 is 28.7 Å². The van der Waals surface area contributed by atoms with Gasteiger partial charge in [-0.05, 0) is 44.5 Å². The van der Waals surface area contributed by atoms with Crippen molar-refractivity contribution >= 4 is 41.1 Å². The summed E-state index contributed by atoms with van der Waals surface area (Å²) in [7, 11) is 0. The van der Waals surface area contributed by atoms with Gasteiger partial charge in [-0.3, -0.25) is 24.1 Å². The normalized spacial score (nSPS) is 19.4. The molecule has 5 amide bonds. The highest BCUT2D eigenvalue weighted by Crippen LogP contribution is 2.20. The van der Waals surface area contributed by atoms with Crippen molar-refractivity contribution in [3.8, 4) is 0 Å². The first-order valence-electron chi connectivity index (χ1n) is 9.08. The Labute approximate surface area is 168 Å². The molecule has 0 radical (unpaired) electrons. The van der Waals surface area contributed by atoms with Crippen molar-refractivity contribution in [2.24, 2.45) is 0 Å². The number of benzene rings is 1. The van der Waals surface area contributed by atoms with E-state index in [9.17, 15) is 24.0 Å². The largest absolute Gasteiger partial charge is 0.451 e. The standard InChI is InChI=1S/C19H24N4O6/c1-5-19(4)17(27)23(18(28)22-19)10-15(25)29-11(2)16(26)21-14-8-6-13(7-9-14)20-12(3)24/h6-9,11H,5,10H2,1-4H3,(H,20,24)(H,21,26)(H,22,28)/t11-,19+/m1/s1. The van der Waals surface area contributed by atoms with Crippen LogP contribution in [0.5, 0.6) is 0 Å². The smallest absolute Gasteiger partial charge is 0.327 e. The van der Waals surface area contributed by atoms with Gasteiger partial charge in [0, 0.05) is 18.3 Å². The summed E-state index contributed by atoms with van der Waals surface area (Å²) in [5, 5.41) is 7.71. The van der Waals surface area contributed by atoms with Crippen LogP contribution in [0.15, 0.2) is 24.3 Å². The molecular weight excluding hydrogens is 380 g/mol.